The van der Waals surface area contributed by atoms with Crippen LogP contribution in [0.2, 0.25) is 0 Å². The zero-order valence-corrected chi connectivity index (χ0v) is 16.3. The maximum atomic E-state index is 12.4. The lowest BCUT2D eigenvalue weighted by atomic mass is 10.2. The molecule has 0 spiro atoms. The molecule has 5 nitrogen and oxygen atoms in total. The first-order valence-electron chi connectivity index (χ1n) is 8.88. The van der Waals surface area contributed by atoms with Crippen molar-refractivity contribution in [2.24, 2.45) is 0 Å². The molecule has 0 saturated heterocycles. The molecule has 0 radical (unpaired) electrons. The number of ether oxygens (including phenoxy) is 1. The van der Waals surface area contributed by atoms with E-state index in [2.05, 4.69) is 10.4 Å². The number of benzene rings is 2. The summed E-state index contributed by atoms with van der Waals surface area (Å²) < 4.78 is 7.26. The van der Waals surface area contributed by atoms with Crippen LogP contribution in [0.3, 0.4) is 0 Å². The standard InChI is InChI=1S/C21H23N3O2S/c1-3-26-18-9-11-19(12-10-18)27-15-21(25)22-20-13-16(2)23-24(20)14-17-7-5-4-6-8-17/h4-13H,3,14-15H2,1-2H3,(H,22,25). The second kappa shape index (κ2) is 9.28. The van der Waals surface area contributed by atoms with Gasteiger partial charge in [-0.25, -0.2) is 4.68 Å². The van der Waals surface area contributed by atoms with Gasteiger partial charge in [0.05, 0.1) is 24.6 Å². The number of aryl methyl sites for hydroxylation is 1. The molecule has 1 aromatic heterocycles. The molecule has 0 fully saturated rings. The van der Waals surface area contributed by atoms with E-state index in [0.29, 0.717) is 24.7 Å². The summed E-state index contributed by atoms with van der Waals surface area (Å²) in [6.07, 6.45) is 0. The van der Waals surface area contributed by atoms with Gasteiger partial charge in [-0.15, -0.1) is 11.8 Å². The molecule has 0 aliphatic rings. The molecule has 1 heterocycles. The number of aromatic nitrogens is 2. The molecule has 3 aromatic rings. The largest absolute Gasteiger partial charge is 0.494 e. The molecule has 0 aliphatic carbocycles. The van der Waals surface area contributed by atoms with Crippen LogP contribution < -0.4 is 10.1 Å². The van der Waals surface area contributed by atoms with Crippen LogP contribution >= 0.6 is 11.8 Å². The molecular weight excluding hydrogens is 358 g/mol. The molecular formula is C21H23N3O2S. The third kappa shape index (κ3) is 5.62. The van der Waals surface area contributed by atoms with Gasteiger partial charge in [0.15, 0.2) is 0 Å². The van der Waals surface area contributed by atoms with Gasteiger partial charge in [-0.1, -0.05) is 30.3 Å². The second-order valence-electron chi connectivity index (χ2n) is 6.06. The minimum atomic E-state index is -0.0527. The normalized spacial score (nSPS) is 10.6. The summed E-state index contributed by atoms with van der Waals surface area (Å²) in [5.41, 5.74) is 2.01. The van der Waals surface area contributed by atoms with Crippen LogP contribution in [-0.4, -0.2) is 28.0 Å². The van der Waals surface area contributed by atoms with E-state index >= 15 is 0 Å². The van der Waals surface area contributed by atoms with E-state index in [0.717, 1.165) is 21.9 Å². The number of carbonyl (C=O) groups is 1. The fourth-order valence-corrected chi connectivity index (χ4v) is 3.35. The predicted molar refractivity (Wildman–Crippen MR) is 109 cm³/mol. The average Bonchev–Trinajstić information content (AvgIpc) is 3.01. The number of anilines is 1. The molecule has 27 heavy (non-hydrogen) atoms. The van der Waals surface area contributed by atoms with Crippen LogP contribution in [0.15, 0.2) is 65.6 Å². The zero-order chi connectivity index (χ0) is 19.1. The van der Waals surface area contributed by atoms with Crippen LogP contribution in [0.25, 0.3) is 0 Å². The van der Waals surface area contributed by atoms with Gasteiger partial charge in [0.25, 0.3) is 0 Å². The molecule has 3 rings (SSSR count). The van der Waals surface area contributed by atoms with Gasteiger partial charge in [0.2, 0.25) is 5.91 Å². The van der Waals surface area contributed by atoms with Crippen LogP contribution in [0.1, 0.15) is 18.2 Å². The maximum Gasteiger partial charge on any atom is 0.235 e. The summed E-state index contributed by atoms with van der Waals surface area (Å²) >= 11 is 1.49. The topological polar surface area (TPSA) is 56.1 Å². The minimum Gasteiger partial charge on any atom is -0.494 e. The first kappa shape index (κ1) is 19.0. The zero-order valence-electron chi connectivity index (χ0n) is 15.5. The smallest absolute Gasteiger partial charge is 0.235 e. The molecule has 0 aliphatic heterocycles. The molecule has 140 valence electrons. The summed E-state index contributed by atoms with van der Waals surface area (Å²) in [5.74, 6) is 1.84. The van der Waals surface area contributed by atoms with Gasteiger partial charge in [-0.3, -0.25) is 4.79 Å². The highest BCUT2D eigenvalue weighted by Gasteiger charge is 2.10. The van der Waals surface area contributed by atoms with Crippen molar-refractivity contribution in [2.75, 3.05) is 17.7 Å². The summed E-state index contributed by atoms with van der Waals surface area (Å²) in [6, 6.07) is 19.7. The summed E-state index contributed by atoms with van der Waals surface area (Å²) in [5, 5.41) is 7.46. The van der Waals surface area contributed by atoms with E-state index in [4.69, 9.17) is 4.74 Å². The minimum absolute atomic E-state index is 0.0527. The van der Waals surface area contributed by atoms with Gasteiger partial charge < -0.3 is 10.1 Å². The van der Waals surface area contributed by atoms with Crippen LogP contribution in [-0.2, 0) is 11.3 Å². The Balaban J connectivity index is 1.57. The van der Waals surface area contributed by atoms with E-state index < -0.39 is 0 Å². The van der Waals surface area contributed by atoms with Crippen molar-refractivity contribution in [3.63, 3.8) is 0 Å². The van der Waals surface area contributed by atoms with E-state index in [1.807, 2.05) is 79.2 Å². The van der Waals surface area contributed by atoms with Crippen molar-refractivity contribution in [2.45, 2.75) is 25.3 Å². The van der Waals surface area contributed by atoms with Crippen LogP contribution in [0.5, 0.6) is 5.75 Å². The van der Waals surface area contributed by atoms with E-state index in [9.17, 15) is 4.79 Å². The maximum absolute atomic E-state index is 12.4. The second-order valence-corrected chi connectivity index (χ2v) is 7.10. The molecule has 0 unspecified atom stereocenters. The number of thioether (sulfide) groups is 1. The number of amides is 1. The number of nitrogens with one attached hydrogen (secondary N) is 1. The highest BCUT2D eigenvalue weighted by molar-refractivity contribution is 8.00. The Morgan fingerprint density at radius 2 is 1.89 bits per heavy atom. The third-order valence-corrected chi connectivity index (χ3v) is 4.86. The van der Waals surface area contributed by atoms with Gasteiger partial charge in [-0.05, 0) is 43.7 Å². The number of nitrogens with zero attached hydrogens (tertiary/aromatic N) is 2. The van der Waals surface area contributed by atoms with Crippen molar-refractivity contribution < 1.29 is 9.53 Å². The van der Waals surface area contributed by atoms with Crippen molar-refractivity contribution in [1.29, 1.82) is 0 Å². The molecule has 6 heteroatoms. The Morgan fingerprint density at radius 3 is 2.59 bits per heavy atom. The lowest BCUT2D eigenvalue weighted by Crippen LogP contribution is -2.17. The molecule has 2 aromatic carbocycles. The first-order valence-corrected chi connectivity index (χ1v) is 9.86. The van der Waals surface area contributed by atoms with Crippen molar-refractivity contribution in [1.82, 2.24) is 9.78 Å². The highest BCUT2D eigenvalue weighted by atomic mass is 32.2. The highest BCUT2D eigenvalue weighted by Crippen LogP contribution is 2.22. The van der Waals surface area contributed by atoms with Crippen LogP contribution in [0.4, 0.5) is 5.82 Å². The van der Waals surface area contributed by atoms with Gasteiger partial charge in [-0.2, -0.15) is 5.10 Å². The Kier molecular flexibility index (Phi) is 6.54. The van der Waals surface area contributed by atoms with E-state index in [1.165, 1.54) is 11.8 Å². The Labute approximate surface area is 163 Å². The number of hydrogen-bond donors (Lipinski definition) is 1. The number of carbonyl (C=O) groups excluding carboxylic acids is 1. The summed E-state index contributed by atoms with van der Waals surface area (Å²) in [7, 11) is 0. The van der Waals surface area contributed by atoms with E-state index in [1.54, 1.807) is 0 Å². The molecule has 1 N–H and O–H groups in total. The molecule has 0 bridgehead atoms. The SMILES string of the molecule is CCOc1ccc(SCC(=O)Nc2cc(C)nn2Cc2ccccc2)cc1. The van der Waals surface area contributed by atoms with E-state index in [-0.39, 0.29) is 5.91 Å². The van der Waals surface area contributed by atoms with Crippen molar-refractivity contribution in [3.05, 3.63) is 71.9 Å². The molecule has 0 atom stereocenters. The summed E-state index contributed by atoms with van der Waals surface area (Å²) in [4.78, 5) is 13.4. The predicted octanol–water partition coefficient (Wildman–Crippen LogP) is 4.37. The lowest BCUT2D eigenvalue weighted by molar-refractivity contribution is -0.113. The number of hydrogen-bond acceptors (Lipinski definition) is 4. The Hall–Kier alpha value is -2.73. The fourth-order valence-electron chi connectivity index (χ4n) is 2.65. The quantitative estimate of drug-likeness (QED) is 0.589. The fraction of sp³-hybridized carbons (Fsp3) is 0.238. The third-order valence-electron chi connectivity index (χ3n) is 3.85. The molecule has 0 saturated carbocycles. The van der Waals surface area contributed by atoms with Gasteiger partial charge in [0.1, 0.15) is 11.6 Å². The number of rotatable bonds is 8. The van der Waals surface area contributed by atoms with Gasteiger partial charge in [0, 0.05) is 11.0 Å². The Morgan fingerprint density at radius 1 is 1.15 bits per heavy atom. The van der Waals surface area contributed by atoms with Crippen LogP contribution in [0, 0.1) is 6.92 Å². The van der Waals surface area contributed by atoms with Crippen molar-refractivity contribution in [3.8, 4) is 5.75 Å². The van der Waals surface area contributed by atoms with Crippen molar-refractivity contribution >= 4 is 23.5 Å². The Bertz CT molecular complexity index is 876. The first-order chi connectivity index (χ1) is 13.1. The van der Waals surface area contributed by atoms with Gasteiger partial charge >= 0.3 is 0 Å². The molecule has 1 amide bonds. The summed E-state index contributed by atoms with van der Waals surface area (Å²) in [6.45, 7) is 5.14. The average molecular weight is 382 g/mol. The lowest BCUT2D eigenvalue weighted by Gasteiger charge is -2.09. The monoisotopic (exact) mass is 381 g/mol.